The number of carbonyl (C=O) groups excluding carboxylic acids is 1. The molecule has 0 saturated heterocycles. The first-order valence-corrected chi connectivity index (χ1v) is 8.04. The minimum Gasteiger partial charge on any atom is -0.344 e. The third kappa shape index (κ3) is 3.51. The Labute approximate surface area is 149 Å². The largest absolute Gasteiger partial charge is 0.344 e. The van der Waals surface area contributed by atoms with Crippen molar-refractivity contribution in [2.75, 3.05) is 0 Å². The summed E-state index contributed by atoms with van der Waals surface area (Å²) >= 11 is 0. The normalized spacial score (nSPS) is 11.8. The first-order chi connectivity index (χ1) is 12.5. The zero-order valence-electron chi connectivity index (χ0n) is 14.3. The van der Waals surface area contributed by atoms with Crippen molar-refractivity contribution in [3.63, 3.8) is 0 Å². The van der Waals surface area contributed by atoms with Gasteiger partial charge in [0, 0.05) is 24.2 Å². The van der Waals surface area contributed by atoms with E-state index in [1.807, 2.05) is 6.07 Å². The summed E-state index contributed by atoms with van der Waals surface area (Å²) in [6, 6.07) is 10.5. The van der Waals surface area contributed by atoms with Crippen LogP contribution in [0, 0.1) is 12.7 Å². The number of rotatable bonds is 4. The van der Waals surface area contributed by atoms with E-state index in [-0.39, 0.29) is 17.4 Å². The third-order valence-electron chi connectivity index (χ3n) is 3.94. The van der Waals surface area contributed by atoms with Gasteiger partial charge in [0.05, 0.1) is 6.04 Å². The first-order valence-electron chi connectivity index (χ1n) is 8.04. The van der Waals surface area contributed by atoms with E-state index in [4.69, 9.17) is 0 Å². The van der Waals surface area contributed by atoms with E-state index in [9.17, 15) is 14.0 Å². The summed E-state index contributed by atoms with van der Waals surface area (Å²) < 4.78 is 15.3. The molecular formula is C19H17FN4O2. The van der Waals surface area contributed by atoms with Crippen molar-refractivity contribution in [3.05, 3.63) is 87.9 Å². The number of amides is 1. The number of aryl methyl sites for hydroxylation is 1. The molecule has 1 amide bonds. The molecule has 3 rings (SSSR count). The number of aromatic nitrogens is 3. The maximum atomic E-state index is 14.1. The molecule has 0 fully saturated rings. The van der Waals surface area contributed by atoms with E-state index in [2.05, 4.69) is 15.4 Å². The monoisotopic (exact) mass is 352 g/mol. The maximum absolute atomic E-state index is 14.1. The number of halogens is 1. The second-order valence-corrected chi connectivity index (χ2v) is 5.84. The lowest BCUT2D eigenvalue weighted by Crippen LogP contribution is -2.33. The minimum absolute atomic E-state index is 0.166. The van der Waals surface area contributed by atoms with Gasteiger partial charge in [0.1, 0.15) is 11.5 Å². The number of benzene rings is 1. The molecule has 1 N–H and O–H groups in total. The molecule has 6 nitrogen and oxygen atoms in total. The van der Waals surface area contributed by atoms with Crippen LogP contribution in [0.4, 0.5) is 4.39 Å². The van der Waals surface area contributed by atoms with Crippen LogP contribution in [0.5, 0.6) is 0 Å². The van der Waals surface area contributed by atoms with Crippen LogP contribution in [0.3, 0.4) is 0 Å². The predicted octanol–water partition coefficient (Wildman–Crippen LogP) is 2.57. The Hall–Kier alpha value is -3.35. The molecule has 0 unspecified atom stereocenters. The van der Waals surface area contributed by atoms with Crippen LogP contribution in [0.2, 0.25) is 0 Å². The Morgan fingerprint density at radius 2 is 2.00 bits per heavy atom. The van der Waals surface area contributed by atoms with E-state index >= 15 is 0 Å². The van der Waals surface area contributed by atoms with Gasteiger partial charge in [0.2, 0.25) is 5.43 Å². The molecule has 0 saturated carbocycles. The van der Waals surface area contributed by atoms with Crippen LogP contribution < -0.4 is 10.7 Å². The number of carbonyl (C=O) groups is 1. The topological polar surface area (TPSA) is 76.9 Å². The summed E-state index contributed by atoms with van der Waals surface area (Å²) in [5.41, 5.74) is 0.569. The van der Waals surface area contributed by atoms with Crippen LogP contribution in [0.25, 0.3) is 5.69 Å². The summed E-state index contributed by atoms with van der Waals surface area (Å²) in [4.78, 5) is 28.8. The molecule has 2 aromatic heterocycles. The van der Waals surface area contributed by atoms with E-state index < -0.39 is 17.2 Å². The Balaban J connectivity index is 1.95. The van der Waals surface area contributed by atoms with Crippen molar-refractivity contribution >= 4 is 5.91 Å². The minimum atomic E-state index is -0.628. The van der Waals surface area contributed by atoms with Crippen molar-refractivity contribution in [2.45, 2.75) is 19.9 Å². The summed E-state index contributed by atoms with van der Waals surface area (Å²) in [6.07, 6.45) is 3.26. The van der Waals surface area contributed by atoms with Crippen LogP contribution in [-0.2, 0) is 0 Å². The number of pyridine rings is 1. The fourth-order valence-electron chi connectivity index (χ4n) is 2.55. The van der Waals surface area contributed by atoms with Crippen LogP contribution >= 0.6 is 0 Å². The summed E-state index contributed by atoms with van der Waals surface area (Å²) in [6.45, 7) is 3.40. The lowest BCUT2D eigenvalue weighted by molar-refractivity contribution is 0.0931. The molecule has 132 valence electrons. The molecule has 26 heavy (non-hydrogen) atoms. The lowest BCUT2D eigenvalue weighted by Gasteiger charge is -2.15. The first kappa shape index (κ1) is 17.5. The van der Waals surface area contributed by atoms with Gasteiger partial charge >= 0.3 is 0 Å². The van der Waals surface area contributed by atoms with Gasteiger partial charge in [0.15, 0.2) is 5.69 Å². The molecule has 1 atom stereocenters. The van der Waals surface area contributed by atoms with Gasteiger partial charge in [-0.25, -0.2) is 9.07 Å². The molecule has 2 heterocycles. The van der Waals surface area contributed by atoms with Gasteiger partial charge in [0.25, 0.3) is 5.91 Å². The molecule has 1 aromatic carbocycles. The highest BCUT2D eigenvalue weighted by Crippen LogP contribution is 2.14. The summed E-state index contributed by atoms with van der Waals surface area (Å²) in [5.74, 6) is -1.13. The molecule has 0 bridgehead atoms. The fraction of sp³-hybridized carbons (Fsp3) is 0.158. The Morgan fingerprint density at radius 1 is 1.23 bits per heavy atom. The zero-order valence-corrected chi connectivity index (χ0v) is 14.3. The van der Waals surface area contributed by atoms with Crippen molar-refractivity contribution in [2.24, 2.45) is 0 Å². The fourth-order valence-corrected chi connectivity index (χ4v) is 2.55. The van der Waals surface area contributed by atoms with Crippen molar-refractivity contribution in [3.8, 4) is 5.69 Å². The van der Waals surface area contributed by atoms with Gasteiger partial charge < -0.3 is 5.32 Å². The smallest absolute Gasteiger partial charge is 0.276 e. The van der Waals surface area contributed by atoms with E-state index in [0.717, 1.165) is 5.56 Å². The van der Waals surface area contributed by atoms with Crippen molar-refractivity contribution < 1.29 is 9.18 Å². The Morgan fingerprint density at radius 3 is 2.69 bits per heavy atom. The lowest BCUT2D eigenvalue weighted by atomic mass is 10.1. The summed E-state index contributed by atoms with van der Waals surface area (Å²) in [7, 11) is 0. The third-order valence-corrected chi connectivity index (χ3v) is 3.94. The van der Waals surface area contributed by atoms with Crippen molar-refractivity contribution in [1.82, 2.24) is 20.1 Å². The average molecular weight is 352 g/mol. The highest BCUT2D eigenvalue weighted by molar-refractivity contribution is 5.92. The molecule has 3 aromatic rings. The second-order valence-electron chi connectivity index (χ2n) is 5.84. The molecule has 0 aliphatic heterocycles. The maximum Gasteiger partial charge on any atom is 0.276 e. The van der Waals surface area contributed by atoms with E-state index in [0.29, 0.717) is 5.69 Å². The van der Waals surface area contributed by atoms with Crippen molar-refractivity contribution in [1.29, 1.82) is 0 Å². The SMILES string of the molecule is Cc1cc(=O)c(C(=O)N[C@@H](C)c2cccnc2)nn1-c1ccccc1F. The molecule has 0 aliphatic carbocycles. The zero-order chi connectivity index (χ0) is 18.7. The highest BCUT2D eigenvalue weighted by Gasteiger charge is 2.18. The molecular weight excluding hydrogens is 335 g/mol. The average Bonchev–Trinajstić information content (AvgIpc) is 2.63. The number of nitrogens with zero attached hydrogens (tertiary/aromatic N) is 3. The summed E-state index contributed by atoms with van der Waals surface area (Å²) in [5, 5.41) is 6.80. The van der Waals surface area contributed by atoms with Crippen LogP contribution in [-0.4, -0.2) is 20.7 Å². The van der Waals surface area contributed by atoms with Gasteiger partial charge in [-0.05, 0) is 37.6 Å². The molecule has 0 radical (unpaired) electrons. The quantitative estimate of drug-likeness (QED) is 0.783. The second kappa shape index (κ2) is 7.26. The van der Waals surface area contributed by atoms with Gasteiger partial charge in [-0.15, -0.1) is 0 Å². The molecule has 7 heteroatoms. The van der Waals surface area contributed by atoms with E-state index in [1.54, 1.807) is 44.4 Å². The standard InChI is InChI=1S/C19H17FN4O2/c1-12-10-17(25)18(23-24(12)16-8-4-3-7-15(16)20)19(26)22-13(2)14-6-5-9-21-11-14/h3-11,13H,1-2H3,(H,22,26)/t13-/m0/s1. The van der Waals surface area contributed by atoms with Crippen LogP contribution in [0.1, 0.15) is 34.7 Å². The number of para-hydroxylation sites is 1. The predicted molar refractivity (Wildman–Crippen MR) is 94.6 cm³/mol. The Kier molecular flexibility index (Phi) is 4.88. The highest BCUT2D eigenvalue weighted by atomic mass is 19.1. The van der Waals surface area contributed by atoms with Gasteiger partial charge in [-0.1, -0.05) is 18.2 Å². The number of hydrogen-bond donors (Lipinski definition) is 1. The van der Waals surface area contributed by atoms with Gasteiger partial charge in [-0.3, -0.25) is 14.6 Å². The molecule has 0 spiro atoms. The van der Waals surface area contributed by atoms with Gasteiger partial charge in [-0.2, -0.15) is 5.10 Å². The Bertz CT molecular complexity index is 1000. The number of nitrogens with one attached hydrogen (secondary N) is 1. The molecule has 0 aliphatic rings. The number of hydrogen-bond acceptors (Lipinski definition) is 4. The van der Waals surface area contributed by atoms with E-state index in [1.165, 1.54) is 22.9 Å². The van der Waals surface area contributed by atoms with Crippen LogP contribution in [0.15, 0.2) is 59.7 Å².